The van der Waals surface area contributed by atoms with E-state index in [1.54, 1.807) is 6.07 Å². The zero-order valence-corrected chi connectivity index (χ0v) is 14.1. The molecule has 2 rings (SSSR count). The van der Waals surface area contributed by atoms with E-state index < -0.39 is 0 Å². The normalized spacial score (nSPS) is 12.2. The fourth-order valence-corrected chi connectivity index (χ4v) is 2.99. The van der Waals surface area contributed by atoms with E-state index in [2.05, 4.69) is 22.0 Å². The van der Waals surface area contributed by atoms with E-state index in [0.717, 1.165) is 22.9 Å². The number of methoxy groups -OCH3 is 1. The van der Waals surface area contributed by atoms with Crippen LogP contribution in [0.25, 0.3) is 0 Å². The Bertz CT molecular complexity index is 603. The lowest BCUT2D eigenvalue weighted by Crippen LogP contribution is -2.11. The molecule has 0 aliphatic heterocycles. The zero-order chi connectivity index (χ0) is 15.2. The molecule has 21 heavy (non-hydrogen) atoms. The van der Waals surface area contributed by atoms with Crippen molar-refractivity contribution in [3.8, 4) is 5.75 Å². The van der Waals surface area contributed by atoms with Crippen LogP contribution in [0, 0.1) is 11.7 Å². The van der Waals surface area contributed by atoms with Crippen LogP contribution in [0.3, 0.4) is 0 Å². The molecule has 0 heterocycles. The third-order valence-electron chi connectivity index (χ3n) is 3.43. The van der Waals surface area contributed by atoms with Gasteiger partial charge in [0.1, 0.15) is 0 Å². The number of benzene rings is 2. The number of ether oxygens (including phenoxy) is 1. The Morgan fingerprint density at radius 1 is 1.19 bits per heavy atom. The third kappa shape index (κ3) is 4.45. The molecule has 0 bridgehead atoms. The van der Waals surface area contributed by atoms with Gasteiger partial charge in [-0.15, -0.1) is 11.6 Å². The van der Waals surface area contributed by atoms with E-state index in [0.29, 0.717) is 5.88 Å². The van der Waals surface area contributed by atoms with Crippen molar-refractivity contribution in [1.29, 1.82) is 0 Å². The summed E-state index contributed by atoms with van der Waals surface area (Å²) in [5.74, 6) is 0.740. The Morgan fingerprint density at radius 3 is 2.57 bits per heavy atom. The third-order valence-corrected chi connectivity index (χ3v) is 4.64. The fraction of sp³-hybridized carbons (Fsp3) is 0.294. The van der Waals surface area contributed by atoms with Crippen molar-refractivity contribution in [2.45, 2.75) is 12.8 Å². The van der Waals surface area contributed by atoms with E-state index >= 15 is 0 Å². The first-order valence-electron chi connectivity index (χ1n) is 6.75. The lowest BCUT2D eigenvalue weighted by atomic mass is 9.94. The highest BCUT2D eigenvalue weighted by Crippen LogP contribution is 2.24. The molecule has 0 spiro atoms. The van der Waals surface area contributed by atoms with E-state index in [1.807, 2.05) is 24.3 Å². The van der Waals surface area contributed by atoms with Gasteiger partial charge in [-0.3, -0.25) is 0 Å². The summed E-state index contributed by atoms with van der Waals surface area (Å²) in [6, 6.07) is 13.2. The largest absolute Gasteiger partial charge is 0.494 e. The summed E-state index contributed by atoms with van der Waals surface area (Å²) in [6.45, 7) is 0. The first-order chi connectivity index (χ1) is 10.1. The van der Waals surface area contributed by atoms with Crippen LogP contribution in [0.5, 0.6) is 5.75 Å². The summed E-state index contributed by atoms with van der Waals surface area (Å²) in [4.78, 5) is 0. The molecule has 112 valence electrons. The average molecular weight is 372 g/mol. The number of hydrogen-bond acceptors (Lipinski definition) is 1. The zero-order valence-electron chi connectivity index (χ0n) is 11.8. The molecule has 4 heteroatoms. The highest BCUT2D eigenvalue weighted by Gasteiger charge is 2.13. The maximum atomic E-state index is 13.7. The van der Waals surface area contributed by atoms with Crippen molar-refractivity contribution in [3.63, 3.8) is 0 Å². The Labute approximate surface area is 138 Å². The molecule has 1 nitrogen and oxygen atoms in total. The summed E-state index contributed by atoms with van der Waals surface area (Å²) in [6.07, 6.45) is 1.60. The quantitative estimate of drug-likeness (QED) is 0.631. The second-order valence-electron chi connectivity index (χ2n) is 4.99. The van der Waals surface area contributed by atoms with Crippen LogP contribution in [0.2, 0.25) is 0 Å². The van der Waals surface area contributed by atoms with E-state index in [9.17, 15) is 4.39 Å². The van der Waals surface area contributed by atoms with Crippen molar-refractivity contribution < 1.29 is 9.13 Å². The monoisotopic (exact) mass is 370 g/mol. The molecule has 0 fully saturated rings. The van der Waals surface area contributed by atoms with Crippen molar-refractivity contribution in [2.24, 2.45) is 5.92 Å². The van der Waals surface area contributed by atoms with Crippen molar-refractivity contribution >= 4 is 27.5 Å². The summed E-state index contributed by atoms with van der Waals surface area (Å²) in [5, 5.41) is 0. The average Bonchev–Trinajstić information content (AvgIpc) is 2.49. The maximum Gasteiger partial charge on any atom is 0.165 e. The van der Waals surface area contributed by atoms with Crippen LogP contribution in [-0.4, -0.2) is 13.0 Å². The maximum absolute atomic E-state index is 13.7. The van der Waals surface area contributed by atoms with E-state index in [4.69, 9.17) is 16.3 Å². The standard InChI is InChI=1S/C17H17BrClFO/c1-21-17-7-6-12(10-16(17)20)8-13(11-19)9-14-4-2-3-5-15(14)18/h2-7,10,13H,8-9,11H2,1H3. The Hall–Kier alpha value is -1.06. The molecular formula is C17H17BrClFO. The van der Waals surface area contributed by atoms with Gasteiger partial charge < -0.3 is 4.74 Å². The van der Waals surface area contributed by atoms with Gasteiger partial charge in [-0.05, 0) is 48.1 Å². The van der Waals surface area contributed by atoms with Crippen molar-refractivity contribution in [3.05, 3.63) is 63.9 Å². The van der Waals surface area contributed by atoms with Gasteiger partial charge in [0.25, 0.3) is 0 Å². The summed E-state index contributed by atoms with van der Waals surface area (Å²) in [7, 11) is 1.46. The van der Waals surface area contributed by atoms with Gasteiger partial charge in [-0.25, -0.2) is 4.39 Å². The smallest absolute Gasteiger partial charge is 0.165 e. The topological polar surface area (TPSA) is 9.23 Å². The molecule has 0 aliphatic rings. The Morgan fingerprint density at radius 2 is 1.95 bits per heavy atom. The minimum absolute atomic E-state index is 0.262. The second-order valence-corrected chi connectivity index (χ2v) is 6.15. The molecule has 0 saturated heterocycles. The van der Waals surface area contributed by atoms with Crippen LogP contribution in [-0.2, 0) is 12.8 Å². The fourth-order valence-electron chi connectivity index (χ4n) is 2.33. The predicted molar refractivity (Wildman–Crippen MR) is 88.7 cm³/mol. The van der Waals surface area contributed by atoms with Gasteiger partial charge in [0.2, 0.25) is 0 Å². The Balaban J connectivity index is 2.09. The molecule has 2 aromatic rings. The van der Waals surface area contributed by atoms with Crippen molar-refractivity contribution in [2.75, 3.05) is 13.0 Å². The minimum Gasteiger partial charge on any atom is -0.494 e. The van der Waals surface area contributed by atoms with Gasteiger partial charge in [-0.2, -0.15) is 0 Å². The molecular weight excluding hydrogens is 355 g/mol. The highest BCUT2D eigenvalue weighted by atomic mass is 79.9. The lowest BCUT2D eigenvalue weighted by Gasteiger charge is -2.15. The van der Waals surface area contributed by atoms with E-state index in [-0.39, 0.29) is 17.5 Å². The van der Waals surface area contributed by atoms with Crippen LogP contribution in [0.15, 0.2) is 46.9 Å². The molecule has 0 N–H and O–H groups in total. The van der Waals surface area contributed by atoms with Crippen LogP contribution < -0.4 is 4.74 Å². The summed E-state index contributed by atoms with van der Waals surface area (Å²) in [5.41, 5.74) is 2.16. The van der Waals surface area contributed by atoms with Gasteiger partial charge in [-0.1, -0.05) is 40.2 Å². The lowest BCUT2D eigenvalue weighted by molar-refractivity contribution is 0.386. The molecule has 0 aliphatic carbocycles. The van der Waals surface area contributed by atoms with Gasteiger partial charge in [0.15, 0.2) is 11.6 Å². The van der Waals surface area contributed by atoms with E-state index in [1.165, 1.54) is 18.7 Å². The SMILES string of the molecule is COc1ccc(CC(CCl)Cc2ccccc2Br)cc1F. The Kier molecular flexibility index (Phi) is 6.07. The first kappa shape index (κ1) is 16.3. The minimum atomic E-state index is -0.329. The number of halogens is 3. The molecule has 0 saturated carbocycles. The molecule has 1 atom stereocenters. The molecule has 0 radical (unpaired) electrons. The van der Waals surface area contributed by atoms with Gasteiger partial charge in [0.05, 0.1) is 7.11 Å². The molecule has 1 unspecified atom stereocenters. The molecule has 2 aromatic carbocycles. The van der Waals surface area contributed by atoms with Crippen LogP contribution in [0.4, 0.5) is 4.39 Å². The number of alkyl halides is 1. The highest BCUT2D eigenvalue weighted by molar-refractivity contribution is 9.10. The van der Waals surface area contributed by atoms with Gasteiger partial charge >= 0.3 is 0 Å². The number of hydrogen-bond donors (Lipinski definition) is 0. The summed E-state index contributed by atoms with van der Waals surface area (Å²) >= 11 is 9.63. The first-order valence-corrected chi connectivity index (χ1v) is 8.08. The van der Waals surface area contributed by atoms with Crippen molar-refractivity contribution in [1.82, 2.24) is 0 Å². The molecule has 0 aromatic heterocycles. The predicted octanol–water partition coefficient (Wildman–Crippen LogP) is 5.24. The van der Waals surface area contributed by atoms with Crippen LogP contribution in [0.1, 0.15) is 11.1 Å². The summed E-state index contributed by atoms with van der Waals surface area (Å²) < 4.78 is 19.8. The van der Waals surface area contributed by atoms with Crippen LogP contribution >= 0.6 is 27.5 Å². The molecule has 0 amide bonds. The second kappa shape index (κ2) is 7.81. The number of rotatable bonds is 6. The van der Waals surface area contributed by atoms with Gasteiger partial charge in [0, 0.05) is 10.4 Å².